The molecule has 0 radical (unpaired) electrons. The second-order valence-electron chi connectivity index (χ2n) is 5.94. The highest BCUT2D eigenvalue weighted by molar-refractivity contribution is 5.90. The highest BCUT2D eigenvalue weighted by Gasteiger charge is 2.18. The van der Waals surface area contributed by atoms with E-state index in [1.807, 2.05) is 25.1 Å². The minimum Gasteiger partial charge on any atom is -0.496 e. The van der Waals surface area contributed by atoms with Gasteiger partial charge in [0, 0.05) is 12.1 Å². The molecule has 1 aromatic carbocycles. The summed E-state index contributed by atoms with van der Waals surface area (Å²) in [6.07, 6.45) is 2.28. The maximum absolute atomic E-state index is 12.0. The van der Waals surface area contributed by atoms with Crippen molar-refractivity contribution >= 4 is 11.6 Å². The Kier molecular flexibility index (Phi) is 6.02. The van der Waals surface area contributed by atoms with Crippen molar-refractivity contribution in [3.8, 4) is 5.75 Å². The predicted octanol–water partition coefficient (Wildman–Crippen LogP) is 3.10. The summed E-state index contributed by atoms with van der Waals surface area (Å²) < 4.78 is 5.20. The zero-order chi connectivity index (χ0) is 15.2. The van der Waals surface area contributed by atoms with Gasteiger partial charge in [0.1, 0.15) is 5.75 Å². The van der Waals surface area contributed by atoms with E-state index in [-0.39, 0.29) is 11.3 Å². The first-order valence-electron chi connectivity index (χ1n) is 7.02. The van der Waals surface area contributed by atoms with Crippen molar-refractivity contribution in [3.63, 3.8) is 0 Å². The first-order valence-corrected chi connectivity index (χ1v) is 7.02. The van der Waals surface area contributed by atoms with Gasteiger partial charge in [-0.2, -0.15) is 0 Å². The van der Waals surface area contributed by atoms with Crippen LogP contribution in [-0.4, -0.2) is 19.6 Å². The van der Waals surface area contributed by atoms with Gasteiger partial charge in [-0.25, -0.2) is 0 Å². The summed E-state index contributed by atoms with van der Waals surface area (Å²) in [6, 6.07) is 5.64. The second-order valence-corrected chi connectivity index (χ2v) is 5.94. The molecule has 4 nitrogen and oxygen atoms in total. The molecular weight excluding hydrogens is 252 g/mol. The van der Waals surface area contributed by atoms with E-state index in [1.54, 1.807) is 7.11 Å². The average molecular weight is 278 g/mol. The van der Waals surface area contributed by atoms with E-state index in [0.29, 0.717) is 13.0 Å². The van der Waals surface area contributed by atoms with Gasteiger partial charge in [-0.1, -0.05) is 13.8 Å². The van der Waals surface area contributed by atoms with Crippen LogP contribution in [0.5, 0.6) is 5.75 Å². The molecule has 0 saturated carbocycles. The topological polar surface area (TPSA) is 64.3 Å². The van der Waals surface area contributed by atoms with Crippen LogP contribution in [0.1, 0.15) is 38.7 Å². The molecule has 1 aromatic rings. The molecule has 0 spiro atoms. The van der Waals surface area contributed by atoms with Crippen LogP contribution in [0.4, 0.5) is 5.69 Å². The van der Waals surface area contributed by atoms with Gasteiger partial charge in [-0.15, -0.1) is 0 Å². The third-order valence-electron chi connectivity index (χ3n) is 3.53. The number of carbonyl (C=O) groups excluding carboxylic acids is 1. The summed E-state index contributed by atoms with van der Waals surface area (Å²) in [6.45, 7) is 6.90. The second kappa shape index (κ2) is 7.29. The number of benzene rings is 1. The van der Waals surface area contributed by atoms with Crippen molar-refractivity contribution in [3.05, 3.63) is 23.8 Å². The van der Waals surface area contributed by atoms with Crippen LogP contribution in [0.3, 0.4) is 0 Å². The maximum Gasteiger partial charge on any atom is 0.224 e. The number of aryl methyl sites for hydroxylation is 1. The van der Waals surface area contributed by atoms with Gasteiger partial charge in [0.25, 0.3) is 0 Å². The number of ether oxygens (including phenoxy) is 1. The molecule has 0 unspecified atom stereocenters. The minimum absolute atomic E-state index is 0.0414. The van der Waals surface area contributed by atoms with Gasteiger partial charge in [0.05, 0.1) is 7.11 Å². The zero-order valence-corrected chi connectivity index (χ0v) is 13.0. The number of rotatable bonds is 7. The van der Waals surface area contributed by atoms with Crippen LogP contribution < -0.4 is 15.8 Å². The van der Waals surface area contributed by atoms with E-state index in [4.69, 9.17) is 10.5 Å². The highest BCUT2D eigenvalue weighted by Crippen LogP contribution is 2.26. The fraction of sp³-hybridized carbons (Fsp3) is 0.562. The van der Waals surface area contributed by atoms with Gasteiger partial charge < -0.3 is 15.8 Å². The number of hydrogen-bond acceptors (Lipinski definition) is 3. The quantitative estimate of drug-likeness (QED) is 0.805. The summed E-state index contributed by atoms with van der Waals surface area (Å²) >= 11 is 0. The van der Waals surface area contributed by atoms with Crippen molar-refractivity contribution in [1.82, 2.24) is 0 Å². The molecule has 0 saturated heterocycles. The van der Waals surface area contributed by atoms with Crippen LogP contribution in [0.25, 0.3) is 0 Å². The van der Waals surface area contributed by atoms with Crippen molar-refractivity contribution in [2.24, 2.45) is 11.1 Å². The highest BCUT2D eigenvalue weighted by atomic mass is 16.5. The molecular formula is C16H26N2O2. The Morgan fingerprint density at radius 2 is 2.05 bits per heavy atom. The number of nitrogens with one attached hydrogen (secondary N) is 1. The number of nitrogens with two attached hydrogens (primary N) is 1. The number of carbonyl (C=O) groups is 1. The smallest absolute Gasteiger partial charge is 0.224 e. The van der Waals surface area contributed by atoms with Crippen LogP contribution in [-0.2, 0) is 4.79 Å². The zero-order valence-electron chi connectivity index (χ0n) is 13.0. The third-order valence-corrected chi connectivity index (χ3v) is 3.53. The molecule has 0 aliphatic heterocycles. The molecule has 0 aromatic heterocycles. The summed E-state index contributed by atoms with van der Waals surface area (Å²) in [5.41, 5.74) is 7.51. The van der Waals surface area contributed by atoms with Gasteiger partial charge in [-0.3, -0.25) is 4.79 Å². The third kappa shape index (κ3) is 5.21. The maximum atomic E-state index is 12.0. The fourth-order valence-electron chi connectivity index (χ4n) is 2.15. The molecule has 0 heterocycles. The molecule has 3 N–H and O–H groups in total. The summed E-state index contributed by atoms with van der Waals surface area (Å²) in [7, 11) is 1.64. The van der Waals surface area contributed by atoms with E-state index in [2.05, 4.69) is 19.2 Å². The molecule has 20 heavy (non-hydrogen) atoms. The van der Waals surface area contributed by atoms with E-state index >= 15 is 0 Å². The standard InChI is InChI=1S/C16H26N2O2/c1-12-11-13(5-6-14(12)20-4)18-15(19)7-8-16(2,3)9-10-17/h5-6,11H,7-10,17H2,1-4H3,(H,18,19). The van der Waals surface area contributed by atoms with E-state index in [0.717, 1.165) is 29.8 Å². The van der Waals surface area contributed by atoms with Crippen molar-refractivity contribution in [2.45, 2.75) is 40.0 Å². The van der Waals surface area contributed by atoms with Crippen molar-refractivity contribution in [2.75, 3.05) is 19.0 Å². The van der Waals surface area contributed by atoms with Crippen LogP contribution >= 0.6 is 0 Å². The van der Waals surface area contributed by atoms with Crippen LogP contribution in [0.2, 0.25) is 0 Å². The lowest BCUT2D eigenvalue weighted by Crippen LogP contribution is -2.20. The molecule has 1 rings (SSSR count). The molecule has 0 fully saturated rings. The van der Waals surface area contributed by atoms with E-state index < -0.39 is 0 Å². The summed E-state index contributed by atoms with van der Waals surface area (Å²) in [4.78, 5) is 12.0. The van der Waals surface area contributed by atoms with Crippen molar-refractivity contribution in [1.29, 1.82) is 0 Å². The summed E-state index contributed by atoms with van der Waals surface area (Å²) in [5, 5.41) is 2.92. The molecule has 0 atom stereocenters. The normalized spacial score (nSPS) is 11.2. The first kappa shape index (κ1) is 16.5. The predicted molar refractivity (Wildman–Crippen MR) is 83.0 cm³/mol. The summed E-state index contributed by atoms with van der Waals surface area (Å²) in [5.74, 6) is 0.867. The molecule has 0 aliphatic carbocycles. The Hall–Kier alpha value is -1.55. The van der Waals surface area contributed by atoms with Gasteiger partial charge in [0.2, 0.25) is 5.91 Å². The molecule has 0 aliphatic rings. The van der Waals surface area contributed by atoms with Gasteiger partial charge >= 0.3 is 0 Å². The Balaban J connectivity index is 2.52. The van der Waals surface area contributed by atoms with Crippen LogP contribution in [0, 0.1) is 12.3 Å². The van der Waals surface area contributed by atoms with Gasteiger partial charge in [-0.05, 0) is 55.5 Å². The average Bonchev–Trinajstić information content (AvgIpc) is 2.37. The Bertz CT molecular complexity index is 456. The fourth-order valence-corrected chi connectivity index (χ4v) is 2.15. The molecule has 1 amide bonds. The largest absolute Gasteiger partial charge is 0.496 e. The lowest BCUT2D eigenvalue weighted by Gasteiger charge is -2.23. The Morgan fingerprint density at radius 1 is 1.35 bits per heavy atom. The SMILES string of the molecule is COc1ccc(NC(=O)CCC(C)(C)CCN)cc1C. The lowest BCUT2D eigenvalue weighted by atomic mass is 9.84. The molecule has 112 valence electrons. The van der Waals surface area contributed by atoms with E-state index in [9.17, 15) is 4.79 Å². The van der Waals surface area contributed by atoms with Crippen molar-refractivity contribution < 1.29 is 9.53 Å². The molecule has 4 heteroatoms. The van der Waals surface area contributed by atoms with E-state index in [1.165, 1.54) is 0 Å². The number of amides is 1. The lowest BCUT2D eigenvalue weighted by molar-refractivity contribution is -0.116. The molecule has 0 bridgehead atoms. The Morgan fingerprint density at radius 3 is 2.60 bits per heavy atom. The number of methoxy groups -OCH3 is 1. The minimum atomic E-state index is 0.0414. The number of hydrogen-bond donors (Lipinski definition) is 2. The van der Waals surface area contributed by atoms with Crippen LogP contribution in [0.15, 0.2) is 18.2 Å². The Labute approximate surface area is 121 Å². The monoisotopic (exact) mass is 278 g/mol. The first-order chi connectivity index (χ1) is 9.38. The van der Waals surface area contributed by atoms with Gasteiger partial charge in [0.15, 0.2) is 0 Å². The number of anilines is 1.